The smallest absolute Gasteiger partial charge is 0.356 e. The molecule has 1 aromatic heterocycles. The first-order valence-electron chi connectivity index (χ1n) is 10.9. The van der Waals surface area contributed by atoms with Crippen LogP contribution >= 0.6 is 0 Å². The molecule has 174 valence electrons. The monoisotopic (exact) mass is 463 g/mol. The Balaban J connectivity index is 1.59. The molecule has 0 aliphatic carbocycles. The number of carbonyl (C=O) groups excluding carboxylic acids is 3. The molecule has 2 aromatic carbocycles. The van der Waals surface area contributed by atoms with Crippen LogP contribution in [0.5, 0.6) is 5.88 Å². The van der Waals surface area contributed by atoms with Gasteiger partial charge >= 0.3 is 11.9 Å². The molecule has 8 nitrogen and oxygen atoms in total. The summed E-state index contributed by atoms with van der Waals surface area (Å²) in [6, 6.07) is 10.4. The van der Waals surface area contributed by atoms with Gasteiger partial charge in [0.15, 0.2) is 0 Å². The number of ether oxygens (including phenoxy) is 1. The summed E-state index contributed by atoms with van der Waals surface area (Å²) in [5.41, 5.74) is 2.12. The molecule has 0 atom stereocenters. The lowest BCUT2D eigenvalue weighted by molar-refractivity contribution is -0.142. The second-order valence-corrected chi connectivity index (χ2v) is 8.45. The first-order chi connectivity index (χ1) is 16.4. The van der Waals surface area contributed by atoms with Crippen LogP contribution in [0.1, 0.15) is 34.7 Å². The van der Waals surface area contributed by atoms with E-state index in [2.05, 4.69) is 17.3 Å². The van der Waals surface area contributed by atoms with Gasteiger partial charge in [-0.1, -0.05) is 0 Å². The van der Waals surface area contributed by atoms with E-state index in [0.29, 0.717) is 22.2 Å². The standard InChI is InChI=1S/C25H22FN3O5/c1-28-12-10-15(11-13-28)23-19-14-18(27-24(32)16-2-4-17(26)5-3-16)6-7-20(19)29-25(23)33-21(30)8-9-22(31)34-29/h2-9,14-15H,10-13H2,1H3,(H,27,32)/b9-8+. The van der Waals surface area contributed by atoms with Crippen molar-refractivity contribution in [3.8, 4) is 5.88 Å². The molecule has 5 rings (SSSR count). The van der Waals surface area contributed by atoms with E-state index >= 15 is 0 Å². The van der Waals surface area contributed by atoms with E-state index in [1.54, 1.807) is 18.2 Å². The summed E-state index contributed by atoms with van der Waals surface area (Å²) in [6.07, 6.45) is 3.71. The average Bonchev–Trinajstić information content (AvgIpc) is 3.09. The van der Waals surface area contributed by atoms with Gasteiger partial charge in [-0.25, -0.2) is 14.0 Å². The van der Waals surface area contributed by atoms with Gasteiger partial charge in [0.1, 0.15) is 5.82 Å². The molecule has 3 heterocycles. The Morgan fingerprint density at radius 3 is 2.47 bits per heavy atom. The van der Waals surface area contributed by atoms with Crippen molar-refractivity contribution in [1.29, 1.82) is 0 Å². The van der Waals surface area contributed by atoms with Crippen molar-refractivity contribution in [3.63, 3.8) is 0 Å². The number of likely N-dealkylation sites (tertiary alicyclic amines) is 1. The fourth-order valence-electron chi connectivity index (χ4n) is 4.41. The number of esters is 1. The predicted octanol–water partition coefficient (Wildman–Crippen LogP) is 3.27. The number of halogens is 1. The maximum atomic E-state index is 13.2. The summed E-state index contributed by atoms with van der Waals surface area (Å²) in [5, 5.41) is 3.53. The molecule has 2 aliphatic rings. The number of hydrogen-bond acceptors (Lipinski definition) is 6. The molecule has 3 aromatic rings. The van der Waals surface area contributed by atoms with Crippen molar-refractivity contribution >= 4 is 34.4 Å². The zero-order valence-electron chi connectivity index (χ0n) is 18.4. The highest BCUT2D eigenvalue weighted by Crippen LogP contribution is 2.42. The van der Waals surface area contributed by atoms with Gasteiger partial charge in [-0.3, -0.25) is 4.79 Å². The highest BCUT2D eigenvalue weighted by Gasteiger charge is 2.31. The molecule has 0 spiro atoms. The lowest BCUT2D eigenvalue weighted by atomic mass is 9.89. The zero-order valence-corrected chi connectivity index (χ0v) is 18.4. The van der Waals surface area contributed by atoms with Gasteiger partial charge in [-0.15, -0.1) is 4.73 Å². The lowest BCUT2D eigenvalue weighted by Gasteiger charge is -2.29. The summed E-state index contributed by atoms with van der Waals surface area (Å²) < 4.78 is 20.1. The fraction of sp³-hybridized carbons (Fsp3) is 0.240. The van der Waals surface area contributed by atoms with Crippen molar-refractivity contribution in [2.45, 2.75) is 18.8 Å². The summed E-state index contributed by atoms with van der Waals surface area (Å²) in [5.74, 6) is -1.94. The van der Waals surface area contributed by atoms with E-state index in [0.717, 1.165) is 43.6 Å². The SMILES string of the molecule is CN1CCC(c2c3n(c4ccc(NC(=O)c5ccc(F)cc5)cc24)OC(=O)/C=C/C(=O)O3)CC1. The quantitative estimate of drug-likeness (QED) is 0.600. The van der Waals surface area contributed by atoms with Crippen molar-refractivity contribution in [2.24, 2.45) is 0 Å². The third-order valence-corrected chi connectivity index (χ3v) is 6.15. The topological polar surface area (TPSA) is 89.9 Å². The van der Waals surface area contributed by atoms with Crippen LogP contribution < -0.4 is 14.9 Å². The summed E-state index contributed by atoms with van der Waals surface area (Å²) in [6.45, 7) is 1.73. The predicted molar refractivity (Wildman–Crippen MR) is 122 cm³/mol. The molecule has 9 heteroatoms. The van der Waals surface area contributed by atoms with E-state index in [1.807, 2.05) is 0 Å². The van der Waals surface area contributed by atoms with E-state index in [-0.39, 0.29) is 17.7 Å². The molecule has 0 saturated carbocycles. The lowest BCUT2D eigenvalue weighted by Crippen LogP contribution is -2.29. The van der Waals surface area contributed by atoms with Gasteiger partial charge in [0.2, 0.25) is 5.88 Å². The van der Waals surface area contributed by atoms with E-state index < -0.39 is 17.8 Å². The Morgan fingerprint density at radius 2 is 1.74 bits per heavy atom. The van der Waals surface area contributed by atoms with E-state index in [1.165, 1.54) is 29.0 Å². The van der Waals surface area contributed by atoms with Gasteiger partial charge in [0.25, 0.3) is 5.91 Å². The fourth-order valence-corrected chi connectivity index (χ4v) is 4.41. The number of benzene rings is 2. The number of rotatable bonds is 3. The van der Waals surface area contributed by atoms with Gasteiger partial charge in [0.05, 0.1) is 5.52 Å². The molecular weight excluding hydrogens is 441 g/mol. The van der Waals surface area contributed by atoms with Gasteiger partial charge in [-0.2, -0.15) is 0 Å². The van der Waals surface area contributed by atoms with E-state index in [4.69, 9.17) is 9.57 Å². The van der Waals surface area contributed by atoms with E-state index in [9.17, 15) is 18.8 Å². The molecule has 1 fully saturated rings. The van der Waals surface area contributed by atoms with Crippen LogP contribution in [0.15, 0.2) is 54.6 Å². The maximum Gasteiger partial charge on any atom is 0.356 e. The van der Waals surface area contributed by atoms with Crippen LogP contribution in [0, 0.1) is 5.82 Å². The van der Waals surface area contributed by atoms with Crippen molar-refractivity contribution < 1.29 is 28.3 Å². The first-order valence-corrected chi connectivity index (χ1v) is 10.9. The number of aromatic nitrogens is 1. The molecule has 0 radical (unpaired) electrons. The molecule has 1 amide bonds. The number of nitrogens with zero attached hydrogens (tertiary/aromatic N) is 2. The zero-order chi connectivity index (χ0) is 23.8. The van der Waals surface area contributed by atoms with Crippen LogP contribution in [-0.4, -0.2) is 47.6 Å². The second kappa shape index (κ2) is 8.75. The first kappa shape index (κ1) is 21.8. The minimum Gasteiger partial charge on any atom is -0.403 e. The second-order valence-electron chi connectivity index (χ2n) is 8.45. The molecular formula is C25H22FN3O5. The molecule has 0 bridgehead atoms. The summed E-state index contributed by atoms with van der Waals surface area (Å²) in [4.78, 5) is 44.8. The normalized spacial score (nSPS) is 17.9. The highest BCUT2D eigenvalue weighted by molar-refractivity contribution is 6.05. The van der Waals surface area contributed by atoms with Crippen molar-refractivity contribution in [3.05, 3.63) is 71.6 Å². The molecule has 2 aliphatic heterocycles. The average molecular weight is 463 g/mol. The molecule has 1 N–H and O–H groups in total. The molecule has 0 unspecified atom stereocenters. The van der Waals surface area contributed by atoms with Crippen LogP contribution in [-0.2, 0) is 9.59 Å². The minimum atomic E-state index is -0.696. The largest absolute Gasteiger partial charge is 0.403 e. The number of fused-ring (bicyclic) bond motifs is 3. The van der Waals surface area contributed by atoms with Gasteiger partial charge in [-0.05, 0) is 81.4 Å². The van der Waals surface area contributed by atoms with Crippen molar-refractivity contribution in [2.75, 3.05) is 25.5 Å². The van der Waals surface area contributed by atoms with Crippen LogP contribution in [0.2, 0.25) is 0 Å². The van der Waals surface area contributed by atoms with Gasteiger partial charge < -0.3 is 19.8 Å². The number of nitrogens with one attached hydrogen (secondary N) is 1. The van der Waals surface area contributed by atoms with Crippen LogP contribution in [0.25, 0.3) is 10.9 Å². The Morgan fingerprint density at radius 1 is 1.03 bits per heavy atom. The maximum absolute atomic E-state index is 13.2. The number of anilines is 1. The Labute approximate surface area is 194 Å². The third kappa shape index (κ3) is 4.17. The third-order valence-electron chi connectivity index (χ3n) is 6.15. The number of carbonyl (C=O) groups is 3. The summed E-state index contributed by atoms with van der Waals surface area (Å²) in [7, 11) is 2.05. The Hall–Kier alpha value is -3.98. The van der Waals surface area contributed by atoms with Crippen LogP contribution in [0.4, 0.5) is 10.1 Å². The highest BCUT2D eigenvalue weighted by atomic mass is 19.1. The molecule has 34 heavy (non-hydrogen) atoms. The number of amides is 1. The molecule has 1 saturated heterocycles. The Kier molecular flexibility index (Phi) is 5.62. The minimum absolute atomic E-state index is 0.0629. The number of hydrogen-bond donors (Lipinski definition) is 1. The summed E-state index contributed by atoms with van der Waals surface area (Å²) >= 11 is 0. The Bertz CT molecular complexity index is 1320. The van der Waals surface area contributed by atoms with Gasteiger partial charge in [0, 0.05) is 34.4 Å². The number of piperidine rings is 1. The van der Waals surface area contributed by atoms with Crippen molar-refractivity contribution in [1.82, 2.24) is 9.63 Å². The van der Waals surface area contributed by atoms with Crippen LogP contribution in [0.3, 0.4) is 0 Å².